The van der Waals surface area contributed by atoms with Gasteiger partial charge in [-0.05, 0) is 70.2 Å². The second-order valence-corrected chi connectivity index (χ2v) is 8.33. The van der Waals surface area contributed by atoms with Gasteiger partial charge in [0.1, 0.15) is 11.3 Å². The van der Waals surface area contributed by atoms with Gasteiger partial charge in [0.2, 0.25) is 5.91 Å². The Bertz CT molecular complexity index is 1100. The number of rotatable bonds is 8. The van der Waals surface area contributed by atoms with Gasteiger partial charge in [0.25, 0.3) is 0 Å². The molecular formula is C25H29ClN2O3. The molecule has 3 aromatic rings. The highest BCUT2D eigenvalue weighted by atomic mass is 35.5. The van der Waals surface area contributed by atoms with Gasteiger partial charge < -0.3 is 19.4 Å². The van der Waals surface area contributed by atoms with Crippen LogP contribution in [0.4, 0.5) is 0 Å². The number of hydrogen-bond acceptors (Lipinski definition) is 4. The summed E-state index contributed by atoms with van der Waals surface area (Å²) in [5, 5.41) is 4.60. The molecule has 0 saturated heterocycles. The number of halogens is 1. The number of nitrogens with one attached hydrogen (secondary N) is 1. The third-order valence-corrected chi connectivity index (χ3v) is 5.51. The van der Waals surface area contributed by atoms with E-state index in [0.717, 1.165) is 51.8 Å². The van der Waals surface area contributed by atoms with Crippen LogP contribution in [0.1, 0.15) is 24.5 Å². The minimum absolute atomic E-state index is 0.110. The summed E-state index contributed by atoms with van der Waals surface area (Å²) in [6, 6.07) is 9.68. The standard InChI is InChI=1S/C25H29ClN2O3/c1-16(13-23(29)27-11-6-12-28(3)4)20-14-21-22(18-7-9-19(26)10-8-18)15-31-25(21)17(2)24(20)30-5/h7-10,13-15H,6,11-12H2,1-5H3,(H,27,29)/b16-13+. The van der Waals surface area contributed by atoms with E-state index >= 15 is 0 Å². The van der Waals surface area contributed by atoms with E-state index in [1.54, 1.807) is 19.4 Å². The average molecular weight is 441 g/mol. The lowest BCUT2D eigenvalue weighted by molar-refractivity contribution is -0.116. The van der Waals surface area contributed by atoms with Gasteiger partial charge in [0.15, 0.2) is 0 Å². The molecule has 0 bridgehead atoms. The maximum atomic E-state index is 12.4. The minimum atomic E-state index is -0.110. The van der Waals surface area contributed by atoms with Crippen LogP contribution in [-0.2, 0) is 4.79 Å². The number of amides is 1. The number of carbonyl (C=O) groups is 1. The summed E-state index contributed by atoms with van der Waals surface area (Å²) in [5.41, 5.74) is 5.35. The summed E-state index contributed by atoms with van der Waals surface area (Å²) in [5.74, 6) is 0.597. The van der Waals surface area contributed by atoms with E-state index in [2.05, 4.69) is 10.2 Å². The molecule has 0 saturated carbocycles. The van der Waals surface area contributed by atoms with Gasteiger partial charge in [-0.25, -0.2) is 0 Å². The fourth-order valence-corrected chi connectivity index (χ4v) is 3.78. The van der Waals surface area contributed by atoms with E-state index in [1.807, 2.05) is 58.3 Å². The van der Waals surface area contributed by atoms with Crippen molar-refractivity contribution in [2.75, 3.05) is 34.3 Å². The molecule has 1 N–H and O–H groups in total. The first-order valence-electron chi connectivity index (χ1n) is 10.3. The molecule has 0 spiro atoms. The van der Waals surface area contributed by atoms with Crippen LogP contribution in [0.5, 0.6) is 5.75 Å². The van der Waals surface area contributed by atoms with Crippen LogP contribution in [0.3, 0.4) is 0 Å². The molecule has 164 valence electrons. The Kier molecular flexibility index (Phi) is 7.42. The summed E-state index contributed by atoms with van der Waals surface area (Å²) < 4.78 is 11.6. The molecule has 1 aromatic heterocycles. The molecule has 1 heterocycles. The summed E-state index contributed by atoms with van der Waals surface area (Å²) in [4.78, 5) is 14.5. The summed E-state index contributed by atoms with van der Waals surface area (Å²) in [6.07, 6.45) is 4.28. The Hall–Kier alpha value is -2.76. The lowest BCUT2D eigenvalue weighted by Crippen LogP contribution is -2.25. The first-order valence-corrected chi connectivity index (χ1v) is 10.7. The number of allylic oxidation sites excluding steroid dienone is 1. The third-order valence-electron chi connectivity index (χ3n) is 5.26. The van der Waals surface area contributed by atoms with E-state index in [1.165, 1.54) is 0 Å². The van der Waals surface area contributed by atoms with Crippen molar-refractivity contribution in [3.8, 4) is 16.9 Å². The van der Waals surface area contributed by atoms with Crippen LogP contribution >= 0.6 is 11.6 Å². The zero-order valence-electron chi connectivity index (χ0n) is 18.7. The Morgan fingerprint density at radius 3 is 2.61 bits per heavy atom. The molecule has 2 aromatic carbocycles. The molecule has 0 atom stereocenters. The number of benzene rings is 2. The van der Waals surface area contributed by atoms with Gasteiger partial charge in [-0.1, -0.05) is 23.7 Å². The number of fused-ring (bicyclic) bond motifs is 1. The topological polar surface area (TPSA) is 54.7 Å². The van der Waals surface area contributed by atoms with Crippen molar-refractivity contribution < 1.29 is 13.9 Å². The Labute approximate surface area is 188 Å². The van der Waals surface area contributed by atoms with Crippen LogP contribution in [0, 0.1) is 6.92 Å². The van der Waals surface area contributed by atoms with Crippen LogP contribution in [0.25, 0.3) is 27.7 Å². The monoisotopic (exact) mass is 440 g/mol. The highest BCUT2D eigenvalue weighted by molar-refractivity contribution is 6.30. The number of nitrogens with zero attached hydrogens (tertiary/aromatic N) is 1. The number of ether oxygens (including phenoxy) is 1. The van der Waals surface area contributed by atoms with Crippen LogP contribution in [-0.4, -0.2) is 45.1 Å². The van der Waals surface area contributed by atoms with Crippen molar-refractivity contribution in [2.45, 2.75) is 20.3 Å². The smallest absolute Gasteiger partial charge is 0.244 e. The molecule has 3 rings (SSSR count). The number of carbonyl (C=O) groups excluding carboxylic acids is 1. The lowest BCUT2D eigenvalue weighted by atomic mass is 9.96. The van der Waals surface area contributed by atoms with Crippen LogP contribution in [0.15, 0.2) is 47.1 Å². The molecule has 0 aliphatic carbocycles. The van der Waals surface area contributed by atoms with Crippen LogP contribution < -0.4 is 10.1 Å². The zero-order valence-corrected chi connectivity index (χ0v) is 19.5. The molecule has 0 fully saturated rings. The summed E-state index contributed by atoms with van der Waals surface area (Å²) in [7, 11) is 5.67. The fourth-order valence-electron chi connectivity index (χ4n) is 3.66. The second-order valence-electron chi connectivity index (χ2n) is 7.89. The van der Waals surface area contributed by atoms with Crippen molar-refractivity contribution >= 4 is 34.1 Å². The van der Waals surface area contributed by atoms with Gasteiger partial charge in [-0.3, -0.25) is 4.79 Å². The first kappa shape index (κ1) is 22.9. The molecular weight excluding hydrogens is 412 g/mol. The molecule has 6 heteroatoms. The fraction of sp³-hybridized carbons (Fsp3) is 0.320. The van der Waals surface area contributed by atoms with Gasteiger partial charge in [0.05, 0.1) is 13.4 Å². The van der Waals surface area contributed by atoms with Crippen molar-refractivity contribution in [3.63, 3.8) is 0 Å². The number of methoxy groups -OCH3 is 1. The highest BCUT2D eigenvalue weighted by Crippen LogP contribution is 2.40. The number of aryl methyl sites for hydroxylation is 1. The number of furan rings is 1. The van der Waals surface area contributed by atoms with Gasteiger partial charge in [-0.2, -0.15) is 0 Å². The van der Waals surface area contributed by atoms with Crippen molar-refractivity contribution in [3.05, 3.63) is 58.8 Å². The van der Waals surface area contributed by atoms with Crippen molar-refractivity contribution in [2.24, 2.45) is 0 Å². The van der Waals surface area contributed by atoms with Gasteiger partial charge in [-0.15, -0.1) is 0 Å². The van der Waals surface area contributed by atoms with E-state index in [-0.39, 0.29) is 5.91 Å². The molecule has 0 aliphatic rings. The zero-order chi connectivity index (χ0) is 22.5. The molecule has 0 aliphatic heterocycles. The average Bonchev–Trinajstić information content (AvgIpc) is 3.16. The highest BCUT2D eigenvalue weighted by Gasteiger charge is 2.18. The minimum Gasteiger partial charge on any atom is -0.496 e. The Balaban J connectivity index is 1.96. The third kappa shape index (κ3) is 5.30. The summed E-state index contributed by atoms with van der Waals surface area (Å²) >= 11 is 6.04. The molecule has 0 unspecified atom stereocenters. The maximum Gasteiger partial charge on any atom is 0.244 e. The Morgan fingerprint density at radius 1 is 1.26 bits per heavy atom. The molecule has 0 radical (unpaired) electrons. The number of hydrogen-bond donors (Lipinski definition) is 1. The van der Waals surface area contributed by atoms with E-state index in [0.29, 0.717) is 17.3 Å². The largest absolute Gasteiger partial charge is 0.496 e. The SMILES string of the molecule is COc1c(/C(C)=C/C(=O)NCCCN(C)C)cc2c(-c3ccc(Cl)cc3)coc2c1C. The van der Waals surface area contributed by atoms with E-state index < -0.39 is 0 Å². The van der Waals surface area contributed by atoms with E-state index in [4.69, 9.17) is 20.8 Å². The lowest BCUT2D eigenvalue weighted by Gasteiger charge is -2.13. The first-order chi connectivity index (χ1) is 14.8. The van der Waals surface area contributed by atoms with Gasteiger partial charge in [0, 0.05) is 39.7 Å². The molecule has 1 amide bonds. The maximum absolute atomic E-state index is 12.4. The molecule has 5 nitrogen and oxygen atoms in total. The Morgan fingerprint density at radius 2 is 1.97 bits per heavy atom. The predicted molar refractivity (Wildman–Crippen MR) is 128 cm³/mol. The van der Waals surface area contributed by atoms with Gasteiger partial charge >= 0.3 is 0 Å². The normalized spacial score (nSPS) is 11.9. The predicted octanol–water partition coefficient (Wildman–Crippen LogP) is 5.54. The van der Waals surface area contributed by atoms with Crippen LogP contribution in [0.2, 0.25) is 5.02 Å². The summed E-state index contributed by atoms with van der Waals surface area (Å²) in [6.45, 7) is 5.46. The quantitative estimate of drug-likeness (QED) is 0.369. The second kappa shape index (κ2) is 10.0. The van der Waals surface area contributed by atoms with E-state index in [9.17, 15) is 4.79 Å². The molecule has 31 heavy (non-hydrogen) atoms. The van der Waals surface area contributed by atoms with Crippen molar-refractivity contribution in [1.82, 2.24) is 10.2 Å². The van der Waals surface area contributed by atoms with Crippen molar-refractivity contribution in [1.29, 1.82) is 0 Å².